The van der Waals surface area contributed by atoms with Crippen molar-refractivity contribution < 1.29 is 4.79 Å². The number of pyridine rings is 2. The summed E-state index contributed by atoms with van der Waals surface area (Å²) in [7, 11) is 1.90. The van der Waals surface area contributed by atoms with Crippen molar-refractivity contribution in [3.05, 3.63) is 42.0 Å². The van der Waals surface area contributed by atoms with E-state index < -0.39 is 0 Å². The third-order valence-corrected chi connectivity index (χ3v) is 4.30. The monoisotopic (exact) mass is 307 g/mol. The minimum absolute atomic E-state index is 0.109. The molecule has 23 heavy (non-hydrogen) atoms. The lowest BCUT2D eigenvalue weighted by Crippen LogP contribution is -2.34. The third-order valence-electron chi connectivity index (χ3n) is 4.30. The molecule has 0 spiro atoms. The topological polar surface area (TPSA) is 63.9 Å². The predicted octanol–water partition coefficient (Wildman–Crippen LogP) is 1.93. The summed E-state index contributed by atoms with van der Waals surface area (Å²) in [4.78, 5) is 22.6. The summed E-state index contributed by atoms with van der Waals surface area (Å²) >= 11 is 0. The molecule has 6 nitrogen and oxygen atoms in total. The van der Waals surface area contributed by atoms with Crippen LogP contribution in [0.25, 0.3) is 22.2 Å². The fourth-order valence-corrected chi connectivity index (χ4v) is 3.02. The Hall–Kier alpha value is -2.76. The summed E-state index contributed by atoms with van der Waals surface area (Å²) in [5.74, 6) is 0.109. The second-order valence-corrected chi connectivity index (χ2v) is 5.96. The highest BCUT2D eigenvalue weighted by Gasteiger charge is 2.20. The number of hydrogen-bond acceptors (Lipinski definition) is 4. The molecule has 0 radical (unpaired) electrons. The molecule has 3 aromatic heterocycles. The number of carbonyl (C=O) groups is 1. The SMILES string of the molecule is CC(=O)N1CCc2nc3ncc(-c4cnn(C)c4)cc3cc2C1. The maximum atomic E-state index is 11.6. The van der Waals surface area contributed by atoms with Crippen molar-refractivity contribution in [3.8, 4) is 11.1 Å². The van der Waals surface area contributed by atoms with Gasteiger partial charge in [0.2, 0.25) is 5.91 Å². The van der Waals surface area contributed by atoms with Crippen LogP contribution in [0.5, 0.6) is 0 Å². The van der Waals surface area contributed by atoms with Gasteiger partial charge < -0.3 is 4.90 Å². The Morgan fingerprint density at radius 3 is 2.83 bits per heavy atom. The van der Waals surface area contributed by atoms with E-state index in [9.17, 15) is 4.79 Å². The van der Waals surface area contributed by atoms with E-state index in [0.29, 0.717) is 6.54 Å². The molecule has 1 aliphatic heterocycles. The first-order valence-electron chi connectivity index (χ1n) is 7.63. The predicted molar refractivity (Wildman–Crippen MR) is 86.5 cm³/mol. The van der Waals surface area contributed by atoms with Gasteiger partial charge in [0, 0.05) is 68.1 Å². The van der Waals surface area contributed by atoms with Crippen molar-refractivity contribution in [1.29, 1.82) is 0 Å². The summed E-state index contributed by atoms with van der Waals surface area (Å²) in [6.45, 7) is 2.97. The van der Waals surface area contributed by atoms with Crippen molar-refractivity contribution in [2.24, 2.45) is 7.05 Å². The minimum atomic E-state index is 0.109. The summed E-state index contributed by atoms with van der Waals surface area (Å²) in [6.07, 6.45) is 6.42. The highest BCUT2D eigenvalue weighted by atomic mass is 16.2. The molecule has 6 heteroatoms. The molecule has 1 amide bonds. The maximum absolute atomic E-state index is 11.6. The minimum Gasteiger partial charge on any atom is -0.338 e. The number of amides is 1. The standard InChI is InChI=1S/C17H17N5O/c1-11(23)22-4-3-16-14(10-22)6-12-5-13(7-18-17(12)20-16)15-8-19-21(2)9-15/h5-9H,3-4,10H2,1-2H3. The van der Waals surface area contributed by atoms with Crippen LogP contribution in [0.1, 0.15) is 18.2 Å². The van der Waals surface area contributed by atoms with E-state index in [1.165, 1.54) is 0 Å². The number of hydrogen-bond donors (Lipinski definition) is 0. The lowest BCUT2D eigenvalue weighted by Gasteiger charge is -2.27. The van der Waals surface area contributed by atoms with Gasteiger partial charge in [-0.05, 0) is 17.7 Å². The summed E-state index contributed by atoms with van der Waals surface area (Å²) in [6, 6.07) is 4.19. The van der Waals surface area contributed by atoms with Crippen LogP contribution in [-0.2, 0) is 24.8 Å². The van der Waals surface area contributed by atoms with E-state index in [0.717, 1.165) is 46.4 Å². The molecule has 3 aromatic rings. The van der Waals surface area contributed by atoms with E-state index in [4.69, 9.17) is 0 Å². The van der Waals surface area contributed by atoms with Crippen LogP contribution in [0, 0.1) is 0 Å². The van der Waals surface area contributed by atoms with E-state index in [2.05, 4.69) is 27.2 Å². The molecule has 116 valence electrons. The van der Waals surface area contributed by atoms with Gasteiger partial charge in [0.15, 0.2) is 5.65 Å². The van der Waals surface area contributed by atoms with Crippen molar-refractivity contribution in [2.45, 2.75) is 19.9 Å². The van der Waals surface area contributed by atoms with Gasteiger partial charge >= 0.3 is 0 Å². The second kappa shape index (κ2) is 5.15. The molecule has 0 saturated heterocycles. The molecular formula is C17H17N5O. The molecule has 4 heterocycles. The Balaban J connectivity index is 1.78. The average molecular weight is 307 g/mol. The smallest absolute Gasteiger partial charge is 0.219 e. The van der Waals surface area contributed by atoms with E-state index in [1.54, 1.807) is 11.6 Å². The molecule has 0 unspecified atom stereocenters. The van der Waals surface area contributed by atoms with Crippen LogP contribution in [0.2, 0.25) is 0 Å². The molecule has 0 aromatic carbocycles. The molecule has 4 rings (SSSR count). The highest BCUT2D eigenvalue weighted by molar-refractivity contribution is 5.82. The Kier molecular flexibility index (Phi) is 3.11. The van der Waals surface area contributed by atoms with Crippen LogP contribution in [0.3, 0.4) is 0 Å². The summed E-state index contributed by atoms with van der Waals surface area (Å²) in [5, 5.41) is 5.20. The first-order chi connectivity index (χ1) is 11.1. The van der Waals surface area contributed by atoms with Crippen LogP contribution in [-0.4, -0.2) is 37.1 Å². The van der Waals surface area contributed by atoms with Gasteiger partial charge in [0.1, 0.15) is 0 Å². The number of carbonyl (C=O) groups excluding carboxylic acids is 1. The van der Waals surface area contributed by atoms with Crippen LogP contribution >= 0.6 is 0 Å². The van der Waals surface area contributed by atoms with Crippen molar-refractivity contribution in [2.75, 3.05) is 6.54 Å². The molecule has 0 saturated carbocycles. The fourth-order valence-electron chi connectivity index (χ4n) is 3.02. The van der Waals surface area contributed by atoms with Crippen LogP contribution in [0.4, 0.5) is 0 Å². The molecule has 0 aliphatic carbocycles. The molecule has 1 aliphatic rings. The molecule has 0 N–H and O–H groups in total. The molecular weight excluding hydrogens is 290 g/mol. The van der Waals surface area contributed by atoms with E-state index in [1.807, 2.05) is 30.5 Å². The van der Waals surface area contributed by atoms with Gasteiger partial charge in [-0.2, -0.15) is 5.10 Å². The Bertz CT molecular complexity index is 914. The number of aryl methyl sites for hydroxylation is 1. The number of fused-ring (bicyclic) bond motifs is 2. The van der Waals surface area contributed by atoms with Crippen LogP contribution in [0.15, 0.2) is 30.7 Å². The first-order valence-corrected chi connectivity index (χ1v) is 7.63. The Morgan fingerprint density at radius 2 is 2.09 bits per heavy atom. The normalized spacial score (nSPS) is 14.1. The van der Waals surface area contributed by atoms with Crippen LogP contribution < -0.4 is 0 Å². The molecule has 0 fully saturated rings. The van der Waals surface area contributed by atoms with E-state index in [-0.39, 0.29) is 5.91 Å². The van der Waals surface area contributed by atoms with Crippen molar-refractivity contribution in [3.63, 3.8) is 0 Å². The molecule has 0 atom stereocenters. The largest absolute Gasteiger partial charge is 0.338 e. The average Bonchev–Trinajstić information content (AvgIpc) is 2.98. The Morgan fingerprint density at radius 1 is 1.22 bits per heavy atom. The van der Waals surface area contributed by atoms with Crippen molar-refractivity contribution in [1.82, 2.24) is 24.6 Å². The lowest BCUT2D eigenvalue weighted by molar-refractivity contribution is -0.129. The molecule has 0 bridgehead atoms. The third kappa shape index (κ3) is 2.46. The van der Waals surface area contributed by atoms with Gasteiger partial charge in [-0.1, -0.05) is 0 Å². The van der Waals surface area contributed by atoms with Gasteiger partial charge in [0.25, 0.3) is 0 Å². The lowest BCUT2D eigenvalue weighted by atomic mass is 10.0. The first kappa shape index (κ1) is 13.9. The van der Waals surface area contributed by atoms with E-state index >= 15 is 0 Å². The fraction of sp³-hybridized carbons (Fsp3) is 0.294. The maximum Gasteiger partial charge on any atom is 0.219 e. The van der Waals surface area contributed by atoms with Gasteiger partial charge in [0.05, 0.1) is 6.20 Å². The second-order valence-electron chi connectivity index (χ2n) is 5.96. The van der Waals surface area contributed by atoms with Gasteiger partial charge in [-0.3, -0.25) is 9.48 Å². The zero-order chi connectivity index (χ0) is 16.0. The van der Waals surface area contributed by atoms with Gasteiger partial charge in [-0.15, -0.1) is 0 Å². The summed E-state index contributed by atoms with van der Waals surface area (Å²) in [5.41, 5.74) is 4.98. The number of nitrogens with zero attached hydrogens (tertiary/aromatic N) is 5. The van der Waals surface area contributed by atoms with Gasteiger partial charge in [-0.25, -0.2) is 9.97 Å². The summed E-state index contributed by atoms with van der Waals surface area (Å²) < 4.78 is 1.77. The zero-order valence-electron chi connectivity index (χ0n) is 13.2. The van der Waals surface area contributed by atoms with Crippen molar-refractivity contribution >= 4 is 16.9 Å². The zero-order valence-corrected chi connectivity index (χ0v) is 13.2. The highest BCUT2D eigenvalue weighted by Crippen LogP contribution is 2.25. The Labute approximate surface area is 133 Å². The number of aromatic nitrogens is 4. The number of rotatable bonds is 1. The quantitative estimate of drug-likeness (QED) is 0.689.